The van der Waals surface area contributed by atoms with Crippen LogP contribution in [0.1, 0.15) is 19.8 Å². The molecule has 4 nitrogen and oxygen atoms in total. The van der Waals surface area contributed by atoms with Crippen molar-refractivity contribution in [1.29, 1.82) is 5.26 Å². The summed E-state index contributed by atoms with van der Waals surface area (Å²) in [6, 6.07) is 2.37. The van der Waals surface area contributed by atoms with Gasteiger partial charge in [-0.25, -0.2) is 0 Å². The first-order valence-corrected chi connectivity index (χ1v) is 6.13. The van der Waals surface area contributed by atoms with Crippen molar-refractivity contribution in [3.05, 3.63) is 0 Å². The molecular formula is C12H23N3O. The van der Waals surface area contributed by atoms with Gasteiger partial charge in [-0.05, 0) is 26.3 Å². The smallest absolute Gasteiger partial charge is 0.0950 e. The van der Waals surface area contributed by atoms with Crippen LogP contribution < -0.4 is 0 Å². The van der Waals surface area contributed by atoms with E-state index in [1.807, 2.05) is 6.92 Å². The summed E-state index contributed by atoms with van der Waals surface area (Å²) in [6.45, 7) is 8.26. The number of piperazine rings is 1. The molecule has 16 heavy (non-hydrogen) atoms. The van der Waals surface area contributed by atoms with Gasteiger partial charge in [-0.2, -0.15) is 5.26 Å². The molecule has 0 spiro atoms. The van der Waals surface area contributed by atoms with Gasteiger partial charge >= 0.3 is 0 Å². The van der Waals surface area contributed by atoms with Crippen LogP contribution in [0.2, 0.25) is 0 Å². The Kier molecular flexibility index (Phi) is 6.39. The molecule has 0 saturated carbocycles. The average molecular weight is 225 g/mol. The first-order valence-electron chi connectivity index (χ1n) is 6.13. The molecule has 1 aliphatic heterocycles. The van der Waals surface area contributed by atoms with Gasteiger partial charge in [0.1, 0.15) is 0 Å². The third-order valence-electron chi connectivity index (χ3n) is 3.21. The van der Waals surface area contributed by atoms with E-state index in [4.69, 9.17) is 10.00 Å². The molecule has 0 bridgehead atoms. The second kappa shape index (κ2) is 7.61. The van der Waals surface area contributed by atoms with Crippen LogP contribution in [-0.2, 0) is 4.74 Å². The van der Waals surface area contributed by atoms with Crippen molar-refractivity contribution in [3.63, 3.8) is 0 Å². The highest BCUT2D eigenvalue weighted by molar-refractivity contribution is 4.90. The Balaban J connectivity index is 2.10. The Morgan fingerprint density at radius 2 is 1.94 bits per heavy atom. The van der Waals surface area contributed by atoms with Crippen molar-refractivity contribution >= 4 is 0 Å². The van der Waals surface area contributed by atoms with Gasteiger partial charge in [0, 0.05) is 39.9 Å². The molecule has 1 atom stereocenters. The van der Waals surface area contributed by atoms with Crippen molar-refractivity contribution in [2.45, 2.75) is 25.8 Å². The zero-order valence-corrected chi connectivity index (χ0v) is 10.5. The first-order chi connectivity index (χ1) is 7.77. The number of rotatable bonds is 6. The minimum atomic E-state index is 0.0654. The lowest BCUT2D eigenvalue weighted by Crippen LogP contribution is -2.49. The average Bonchev–Trinajstić information content (AvgIpc) is 2.34. The van der Waals surface area contributed by atoms with Gasteiger partial charge in [0.05, 0.1) is 12.1 Å². The van der Waals surface area contributed by atoms with E-state index in [2.05, 4.69) is 15.9 Å². The molecule has 0 aromatic rings. The molecule has 0 radical (unpaired) electrons. The van der Waals surface area contributed by atoms with Crippen LogP contribution in [0.3, 0.4) is 0 Å². The summed E-state index contributed by atoms with van der Waals surface area (Å²) in [5.74, 6) is 0. The molecule has 1 rings (SSSR count). The molecule has 0 aromatic heterocycles. The zero-order chi connectivity index (χ0) is 11.8. The van der Waals surface area contributed by atoms with Crippen LogP contribution in [0.15, 0.2) is 0 Å². The summed E-state index contributed by atoms with van der Waals surface area (Å²) in [5, 5.41) is 8.83. The second-order valence-electron chi connectivity index (χ2n) is 4.38. The fraction of sp³-hybridized carbons (Fsp3) is 0.917. The van der Waals surface area contributed by atoms with E-state index in [1.54, 1.807) is 7.11 Å². The topological polar surface area (TPSA) is 39.5 Å². The Morgan fingerprint density at radius 3 is 2.50 bits per heavy atom. The van der Waals surface area contributed by atoms with Crippen molar-refractivity contribution in [1.82, 2.24) is 9.80 Å². The summed E-state index contributed by atoms with van der Waals surface area (Å²) in [4.78, 5) is 4.74. The largest absolute Gasteiger partial charge is 0.385 e. The zero-order valence-electron chi connectivity index (χ0n) is 10.5. The fourth-order valence-corrected chi connectivity index (χ4v) is 2.04. The number of ether oxygens (including phenoxy) is 1. The lowest BCUT2D eigenvalue weighted by Gasteiger charge is -2.35. The molecule has 92 valence electrons. The summed E-state index contributed by atoms with van der Waals surface area (Å²) in [6.07, 6.45) is 2.35. The highest BCUT2D eigenvalue weighted by atomic mass is 16.5. The number of nitrogens with zero attached hydrogens (tertiary/aromatic N) is 3. The van der Waals surface area contributed by atoms with Crippen LogP contribution in [0.4, 0.5) is 0 Å². The summed E-state index contributed by atoms with van der Waals surface area (Å²) in [7, 11) is 1.75. The monoisotopic (exact) mass is 225 g/mol. The third kappa shape index (κ3) is 4.48. The molecule has 1 saturated heterocycles. The number of methoxy groups -OCH3 is 1. The number of hydrogen-bond acceptors (Lipinski definition) is 4. The van der Waals surface area contributed by atoms with E-state index < -0.39 is 0 Å². The summed E-state index contributed by atoms with van der Waals surface area (Å²) >= 11 is 0. The van der Waals surface area contributed by atoms with Gasteiger partial charge in [0.25, 0.3) is 0 Å². The van der Waals surface area contributed by atoms with E-state index in [0.717, 1.165) is 45.8 Å². The summed E-state index contributed by atoms with van der Waals surface area (Å²) in [5.41, 5.74) is 0. The molecular weight excluding hydrogens is 202 g/mol. The van der Waals surface area contributed by atoms with Gasteiger partial charge in [-0.15, -0.1) is 0 Å². The van der Waals surface area contributed by atoms with Gasteiger partial charge < -0.3 is 9.64 Å². The Labute approximate surface area is 98.8 Å². The SMILES string of the molecule is COCCCCN1CCN(C(C)C#N)CC1. The van der Waals surface area contributed by atoms with Gasteiger partial charge in [-0.1, -0.05) is 0 Å². The molecule has 1 aliphatic rings. The quantitative estimate of drug-likeness (QED) is 0.631. The molecule has 1 unspecified atom stereocenters. The highest BCUT2D eigenvalue weighted by Gasteiger charge is 2.19. The number of nitriles is 1. The maximum atomic E-state index is 8.83. The minimum Gasteiger partial charge on any atom is -0.385 e. The van der Waals surface area contributed by atoms with Crippen molar-refractivity contribution in [2.24, 2.45) is 0 Å². The molecule has 0 aromatic carbocycles. The van der Waals surface area contributed by atoms with E-state index in [9.17, 15) is 0 Å². The molecule has 1 fully saturated rings. The van der Waals surface area contributed by atoms with Crippen LogP contribution >= 0.6 is 0 Å². The van der Waals surface area contributed by atoms with Crippen LogP contribution in [0.25, 0.3) is 0 Å². The molecule has 4 heteroatoms. The maximum Gasteiger partial charge on any atom is 0.0950 e. The molecule has 1 heterocycles. The predicted octanol–water partition coefficient (Wildman–Crippen LogP) is 0.943. The van der Waals surface area contributed by atoms with E-state index >= 15 is 0 Å². The maximum absolute atomic E-state index is 8.83. The Bertz CT molecular complexity index is 219. The molecule has 0 amide bonds. The highest BCUT2D eigenvalue weighted by Crippen LogP contribution is 2.06. The van der Waals surface area contributed by atoms with Crippen molar-refractivity contribution < 1.29 is 4.74 Å². The Morgan fingerprint density at radius 1 is 1.25 bits per heavy atom. The summed E-state index contributed by atoms with van der Waals surface area (Å²) < 4.78 is 5.03. The third-order valence-corrected chi connectivity index (χ3v) is 3.21. The van der Waals surface area contributed by atoms with E-state index in [0.29, 0.717) is 0 Å². The standard InChI is InChI=1S/C12H23N3O/c1-12(11-13)15-8-6-14(7-9-15)5-3-4-10-16-2/h12H,3-10H2,1-2H3. The lowest BCUT2D eigenvalue weighted by atomic mass is 10.2. The van der Waals surface area contributed by atoms with Gasteiger partial charge in [-0.3, -0.25) is 4.90 Å². The van der Waals surface area contributed by atoms with Gasteiger partial charge in [0.15, 0.2) is 0 Å². The predicted molar refractivity (Wildman–Crippen MR) is 64.2 cm³/mol. The number of unbranched alkanes of at least 4 members (excludes halogenated alkanes) is 1. The number of hydrogen-bond donors (Lipinski definition) is 0. The fourth-order valence-electron chi connectivity index (χ4n) is 2.04. The van der Waals surface area contributed by atoms with Crippen LogP contribution in [0.5, 0.6) is 0 Å². The minimum absolute atomic E-state index is 0.0654. The van der Waals surface area contributed by atoms with Crippen LogP contribution in [-0.4, -0.2) is 62.3 Å². The first kappa shape index (κ1) is 13.4. The van der Waals surface area contributed by atoms with Crippen LogP contribution in [0, 0.1) is 11.3 Å². The Hall–Kier alpha value is -0.630. The lowest BCUT2D eigenvalue weighted by molar-refractivity contribution is 0.114. The normalized spacial score (nSPS) is 20.6. The molecule has 0 aliphatic carbocycles. The van der Waals surface area contributed by atoms with Crippen molar-refractivity contribution in [2.75, 3.05) is 46.4 Å². The van der Waals surface area contributed by atoms with E-state index in [1.165, 1.54) is 6.42 Å². The van der Waals surface area contributed by atoms with Crippen molar-refractivity contribution in [3.8, 4) is 6.07 Å². The molecule has 0 N–H and O–H groups in total. The van der Waals surface area contributed by atoms with E-state index in [-0.39, 0.29) is 6.04 Å². The van der Waals surface area contributed by atoms with Gasteiger partial charge in [0.2, 0.25) is 0 Å². The second-order valence-corrected chi connectivity index (χ2v) is 4.38.